The van der Waals surface area contributed by atoms with Gasteiger partial charge in [-0.15, -0.1) is 0 Å². The number of amides is 1. The SMILES string of the molecule is O=C(Nc1ccccc1Cl)[C@@H]1CCCN(S(=O)(=O)Cc2c(Cl)cccc2Cl)C1. The zero-order valence-corrected chi connectivity index (χ0v) is 18.0. The molecule has 0 saturated carbocycles. The van der Waals surface area contributed by atoms with Crippen LogP contribution < -0.4 is 5.32 Å². The lowest BCUT2D eigenvalue weighted by Gasteiger charge is -2.31. The van der Waals surface area contributed by atoms with Crippen molar-refractivity contribution in [1.29, 1.82) is 0 Å². The van der Waals surface area contributed by atoms with Gasteiger partial charge >= 0.3 is 0 Å². The van der Waals surface area contributed by atoms with E-state index in [9.17, 15) is 13.2 Å². The number of nitrogens with one attached hydrogen (secondary N) is 1. The second-order valence-corrected chi connectivity index (χ2v) is 9.81. The van der Waals surface area contributed by atoms with Crippen LogP contribution in [0.5, 0.6) is 0 Å². The molecule has 150 valence electrons. The molecule has 2 aromatic carbocycles. The van der Waals surface area contributed by atoms with Crippen molar-refractivity contribution in [2.24, 2.45) is 5.92 Å². The highest BCUT2D eigenvalue weighted by molar-refractivity contribution is 7.88. The molecule has 0 unspecified atom stereocenters. The molecule has 2 aromatic rings. The first kappa shape index (κ1) is 21.4. The highest BCUT2D eigenvalue weighted by Gasteiger charge is 2.33. The Balaban J connectivity index is 1.71. The van der Waals surface area contributed by atoms with Crippen molar-refractivity contribution in [3.8, 4) is 0 Å². The van der Waals surface area contributed by atoms with Gasteiger partial charge in [0.2, 0.25) is 15.9 Å². The fraction of sp³-hybridized carbons (Fsp3) is 0.316. The second kappa shape index (κ2) is 9.01. The quantitative estimate of drug-likeness (QED) is 0.693. The molecule has 5 nitrogen and oxygen atoms in total. The molecule has 28 heavy (non-hydrogen) atoms. The summed E-state index contributed by atoms with van der Waals surface area (Å²) in [5, 5.41) is 3.83. The Morgan fingerprint density at radius 1 is 1.04 bits per heavy atom. The molecule has 1 heterocycles. The van der Waals surface area contributed by atoms with Crippen molar-refractivity contribution in [3.63, 3.8) is 0 Å². The minimum atomic E-state index is -3.67. The van der Waals surface area contributed by atoms with Crippen molar-refractivity contribution < 1.29 is 13.2 Å². The van der Waals surface area contributed by atoms with Gasteiger partial charge in [0.1, 0.15) is 0 Å². The average Bonchev–Trinajstić information content (AvgIpc) is 2.67. The average molecular weight is 462 g/mol. The summed E-state index contributed by atoms with van der Waals surface area (Å²) in [4.78, 5) is 12.6. The largest absolute Gasteiger partial charge is 0.324 e. The molecule has 9 heteroatoms. The van der Waals surface area contributed by atoms with Gasteiger partial charge in [0.25, 0.3) is 0 Å². The van der Waals surface area contributed by atoms with Crippen molar-refractivity contribution in [1.82, 2.24) is 4.31 Å². The monoisotopic (exact) mass is 460 g/mol. The number of rotatable bonds is 5. The first-order valence-corrected chi connectivity index (χ1v) is 11.5. The molecular formula is C19H19Cl3N2O3S. The fourth-order valence-corrected chi connectivity index (χ4v) is 5.70. The fourth-order valence-electron chi connectivity index (χ4n) is 3.15. The van der Waals surface area contributed by atoms with E-state index in [-0.39, 0.29) is 18.2 Å². The van der Waals surface area contributed by atoms with Crippen LogP contribution >= 0.6 is 34.8 Å². The summed E-state index contributed by atoms with van der Waals surface area (Å²) >= 11 is 18.3. The minimum absolute atomic E-state index is 0.112. The van der Waals surface area contributed by atoms with E-state index >= 15 is 0 Å². The number of carbonyl (C=O) groups excluding carboxylic acids is 1. The normalized spacial score (nSPS) is 18.0. The molecule has 0 aliphatic carbocycles. The topological polar surface area (TPSA) is 66.5 Å². The van der Waals surface area contributed by atoms with Crippen molar-refractivity contribution in [2.45, 2.75) is 18.6 Å². The standard InChI is InChI=1S/C19H19Cl3N2O3S/c20-15-7-3-8-16(21)14(15)12-28(26,27)24-10-4-5-13(11-24)19(25)23-18-9-2-1-6-17(18)22/h1-3,6-9,13H,4-5,10-12H2,(H,23,25)/t13-/m1/s1. The van der Waals surface area contributed by atoms with Crippen LogP contribution in [0.2, 0.25) is 15.1 Å². The number of piperidine rings is 1. The number of sulfonamides is 1. The third-order valence-electron chi connectivity index (χ3n) is 4.67. The summed E-state index contributed by atoms with van der Waals surface area (Å²) < 4.78 is 27.1. The van der Waals surface area contributed by atoms with E-state index in [0.717, 1.165) is 0 Å². The number of anilines is 1. The summed E-state index contributed by atoms with van der Waals surface area (Å²) in [5.74, 6) is -1.00. The van der Waals surface area contributed by atoms with Crippen molar-refractivity contribution in [2.75, 3.05) is 18.4 Å². The van der Waals surface area contributed by atoms with Crippen LogP contribution in [0.15, 0.2) is 42.5 Å². The first-order valence-electron chi connectivity index (χ1n) is 8.74. The molecule has 0 spiro atoms. The van der Waals surface area contributed by atoms with Crippen molar-refractivity contribution >= 4 is 56.4 Å². The molecule has 0 aromatic heterocycles. The third-order valence-corrected chi connectivity index (χ3v) is 7.48. The zero-order valence-electron chi connectivity index (χ0n) is 14.9. The molecule has 1 saturated heterocycles. The first-order chi connectivity index (χ1) is 13.3. The lowest BCUT2D eigenvalue weighted by Crippen LogP contribution is -2.44. The molecule has 1 amide bonds. The van der Waals surface area contributed by atoms with E-state index in [2.05, 4.69) is 5.32 Å². The Labute approximate surface area is 179 Å². The summed E-state index contributed by atoms with van der Waals surface area (Å²) in [5.41, 5.74) is 0.880. The van der Waals surface area contributed by atoms with Gasteiger partial charge in [0, 0.05) is 28.7 Å². The van der Waals surface area contributed by atoms with Gasteiger partial charge in [0.05, 0.1) is 22.4 Å². The number of nitrogens with zero attached hydrogens (tertiary/aromatic N) is 1. The Morgan fingerprint density at radius 2 is 1.68 bits per heavy atom. The lowest BCUT2D eigenvalue weighted by molar-refractivity contribution is -0.120. The zero-order chi connectivity index (χ0) is 20.3. The van der Waals surface area contributed by atoms with E-state index < -0.39 is 15.9 Å². The smallest absolute Gasteiger partial charge is 0.228 e. The van der Waals surface area contributed by atoms with Gasteiger partial charge in [-0.05, 0) is 37.1 Å². The summed E-state index contributed by atoms with van der Waals surface area (Å²) in [6.45, 7) is 0.473. The van der Waals surface area contributed by atoms with Crippen LogP contribution in [0.3, 0.4) is 0 Å². The van der Waals surface area contributed by atoms with Crippen LogP contribution in [0.4, 0.5) is 5.69 Å². The lowest BCUT2D eigenvalue weighted by atomic mass is 9.99. The molecule has 1 aliphatic heterocycles. The molecule has 1 aliphatic rings. The van der Waals surface area contributed by atoms with Gasteiger partial charge in [-0.3, -0.25) is 4.79 Å². The highest BCUT2D eigenvalue weighted by Crippen LogP contribution is 2.29. The van der Waals surface area contributed by atoms with Crippen LogP contribution in [0.25, 0.3) is 0 Å². The minimum Gasteiger partial charge on any atom is -0.324 e. The van der Waals surface area contributed by atoms with Crippen LogP contribution in [0.1, 0.15) is 18.4 Å². The Bertz CT molecular complexity index is 962. The molecule has 1 fully saturated rings. The predicted octanol–water partition coefficient (Wildman–Crippen LogP) is 4.83. The highest BCUT2D eigenvalue weighted by atomic mass is 35.5. The number of hydrogen-bond donors (Lipinski definition) is 1. The Kier molecular flexibility index (Phi) is 6.89. The third kappa shape index (κ3) is 4.99. The second-order valence-electron chi connectivity index (χ2n) is 6.62. The number of benzene rings is 2. The molecule has 3 rings (SSSR count). The van der Waals surface area contributed by atoms with Gasteiger partial charge < -0.3 is 5.32 Å². The maximum Gasteiger partial charge on any atom is 0.228 e. The molecular weight excluding hydrogens is 443 g/mol. The van der Waals surface area contributed by atoms with Gasteiger partial charge in [-0.1, -0.05) is 53.0 Å². The maximum atomic E-state index is 12.9. The van der Waals surface area contributed by atoms with E-state index in [1.807, 2.05) is 0 Å². The molecule has 1 atom stereocenters. The van der Waals surface area contributed by atoms with E-state index in [1.54, 1.807) is 42.5 Å². The van der Waals surface area contributed by atoms with E-state index in [4.69, 9.17) is 34.8 Å². The number of para-hydroxylation sites is 1. The number of hydrogen-bond acceptors (Lipinski definition) is 3. The van der Waals surface area contributed by atoms with Crippen LogP contribution in [-0.4, -0.2) is 31.7 Å². The molecule has 0 radical (unpaired) electrons. The number of carbonyl (C=O) groups is 1. The predicted molar refractivity (Wildman–Crippen MR) is 113 cm³/mol. The van der Waals surface area contributed by atoms with Gasteiger partial charge in [-0.25, -0.2) is 12.7 Å². The van der Waals surface area contributed by atoms with Gasteiger partial charge in [-0.2, -0.15) is 0 Å². The van der Waals surface area contributed by atoms with E-state index in [0.29, 0.717) is 45.7 Å². The molecule has 1 N–H and O–H groups in total. The van der Waals surface area contributed by atoms with E-state index in [1.165, 1.54) is 4.31 Å². The summed E-state index contributed by atoms with van der Waals surface area (Å²) in [6.07, 6.45) is 1.20. The summed E-state index contributed by atoms with van der Waals surface area (Å²) in [6, 6.07) is 11.8. The molecule has 0 bridgehead atoms. The van der Waals surface area contributed by atoms with Crippen LogP contribution in [0, 0.1) is 5.92 Å². The maximum absolute atomic E-state index is 12.9. The van der Waals surface area contributed by atoms with Gasteiger partial charge in [0.15, 0.2) is 0 Å². The Hall–Kier alpha value is -1.31. The summed E-state index contributed by atoms with van der Waals surface area (Å²) in [7, 11) is -3.67. The van der Waals surface area contributed by atoms with Crippen molar-refractivity contribution in [3.05, 3.63) is 63.1 Å². The number of halogens is 3. The van der Waals surface area contributed by atoms with Crippen LogP contribution in [-0.2, 0) is 20.6 Å². The Morgan fingerprint density at radius 3 is 2.36 bits per heavy atom.